The van der Waals surface area contributed by atoms with Gasteiger partial charge in [-0.15, -0.1) is 0 Å². The molecule has 1 aromatic rings. The van der Waals surface area contributed by atoms with Crippen LogP contribution in [0.25, 0.3) is 0 Å². The van der Waals surface area contributed by atoms with Gasteiger partial charge in [0.25, 0.3) is 0 Å². The lowest BCUT2D eigenvalue weighted by atomic mass is 10.3. The predicted octanol–water partition coefficient (Wildman–Crippen LogP) is 2.11. The summed E-state index contributed by atoms with van der Waals surface area (Å²) in [6.07, 6.45) is 2.24. The van der Waals surface area contributed by atoms with Gasteiger partial charge in [0.05, 0.1) is 0 Å². The zero-order chi connectivity index (χ0) is 11.1. The molecule has 1 rings (SSSR count). The fourth-order valence-electron chi connectivity index (χ4n) is 1.13. The van der Waals surface area contributed by atoms with Gasteiger partial charge in [-0.1, -0.05) is 25.1 Å². The first-order chi connectivity index (χ1) is 7.26. The van der Waals surface area contributed by atoms with Crippen molar-refractivity contribution in [2.45, 2.75) is 13.3 Å². The molecule has 0 radical (unpaired) electrons. The van der Waals surface area contributed by atoms with Crippen LogP contribution in [0.2, 0.25) is 0 Å². The molecule has 0 amide bonds. The fourth-order valence-corrected chi connectivity index (χ4v) is 1.13. The van der Waals surface area contributed by atoms with Gasteiger partial charge in [-0.05, 0) is 18.6 Å². The number of benzene rings is 1. The summed E-state index contributed by atoms with van der Waals surface area (Å²) in [6, 6.07) is 9.02. The van der Waals surface area contributed by atoms with E-state index in [2.05, 4.69) is 5.32 Å². The summed E-state index contributed by atoms with van der Waals surface area (Å²) in [5, 5.41) is 2.93. The van der Waals surface area contributed by atoms with Gasteiger partial charge in [0, 0.05) is 18.8 Å². The van der Waals surface area contributed by atoms with Crippen molar-refractivity contribution in [2.24, 2.45) is 0 Å². The number of para-hydroxylation sites is 1. The van der Waals surface area contributed by atoms with E-state index in [-0.39, 0.29) is 5.97 Å². The predicted molar refractivity (Wildman–Crippen MR) is 59.5 cm³/mol. The number of ether oxygens (including phenoxy) is 1. The summed E-state index contributed by atoms with van der Waals surface area (Å²) >= 11 is 0. The Labute approximate surface area is 89.8 Å². The largest absolute Gasteiger partial charge is 0.423 e. The second-order valence-corrected chi connectivity index (χ2v) is 3.01. The van der Waals surface area contributed by atoms with Crippen molar-refractivity contribution in [1.29, 1.82) is 0 Å². The molecule has 0 aliphatic rings. The first kappa shape index (κ1) is 11.3. The number of carbonyl (C=O) groups excluding carboxylic acids is 1. The smallest absolute Gasteiger partial charge is 0.337 e. The number of nitrogens with one attached hydrogen (secondary N) is 1. The molecule has 1 N–H and O–H groups in total. The highest BCUT2D eigenvalue weighted by Crippen LogP contribution is 2.09. The molecule has 3 heteroatoms. The van der Waals surface area contributed by atoms with E-state index in [1.165, 1.54) is 6.08 Å². The Bertz CT molecular complexity index is 338. The number of hydrogen-bond donors (Lipinski definition) is 1. The normalized spacial score (nSPS) is 10.9. The molecule has 0 unspecified atom stereocenters. The van der Waals surface area contributed by atoms with Crippen LogP contribution in [0.1, 0.15) is 13.3 Å². The maximum absolute atomic E-state index is 11.4. The Morgan fingerprint density at radius 1 is 1.40 bits per heavy atom. The zero-order valence-corrected chi connectivity index (χ0v) is 8.99. The molecule has 0 atom stereocenters. The Morgan fingerprint density at radius 3 is 2.60 bits per heavy atom. The third-order valence-electron chi connectivity index (χ3n) is 1.96. The Morgan fingerprint density at radius 2 is 2.07 bits per heavy atom. The topological polar surface area (TPSA) is 38.3 Å². The average molecular weight is 205 g/mol. The summed E-state index contributed by atoms with van der Waals surface area (Å²) in [7, 11) is 1.78. The molecule has 0 heterocycles. The molecule has 80 valence electrons. The molecule has 0 aliphatic carbocycles. The number of carbonyl (C=O) groups is 1. The third-order valence-corrected chi connectivity index (χ3v) is 1.96. The Balaban J connectivity index is 2.60. The van der Waals surface area contributed by atoms with E-state index in [4.69, 9.17) is 4.74 Å². The average Bonchev–Trinajstić information content (AvgIpc) is 2.27. The summed E-state index contributed by atoms with van der Waals surface area (Å²) < 4.78 is 5.09. The molecule has 0 saturated heterocycles. The molecular weight excluding hydrogens is 190 g/mol. The number of esters is 1. The van der Waals surface area contributed by atoms with Gasteiger partial charge < -0.3 is 10.1 Å². The van der Waals surface area contributed by atoms with E-state index in [9.17, 15) is 4.79 Å². The molecule has 0 aliphatic heterocycles. The van der Waals surface area contributed by atoms with Gasteiger partial charge in [-0.25, -0.2) is 4.79 Å². The summed E-state index contributed by atoms with van der Waals surface area (Å²) in [5.74, 6) is 0.206. The van der Waals surface area contributed by atoms with E-state index in [1.807, 2.05) is 25.1 Å². The van der Waals surface area contributed by atoms with Crippen LogP contribution in [0.15, 0.2) is 42.1 Å². The lowest BCUT2D eigenvalue weighted by Crippen LogP contribution is -2.11. The lowest BCUT2D eigenvalue weighted by Gasteiger charge is -2.03. The maximum atomic E-state index is 11.4. The monoisotopic (exact) mass is 205 g/mol. The van der Waals surface area contributed by atoms with Crippen LogP contribution >= 0.6 is 0 Å². The van der Waals surface area contributed by atoms with Crippen LogP contribution in [-0.4, -0.2) is 13.0 Å². The van der Waals surface area contributed by atoms with Crippen LogP contribution < -0.4 is 10.1 Å². The van der Waals surface area contributed by atoms with Crippen molar-refractivity contribution in [1.82, 2.24) is 5.32 Å². The van der Waals surface area contributed by atoms with Crippen LogP contribution in [-0.2, 0) is 4.79 Å². The van der Waals surface area contributed by atoms with Crippen molar-refractivity contribution in [2.75, 3.05) is 7.05 Å². The van der Waals surface area contributed by atoms with Crippen molar-refractivity contribution in [3.05, 3.63) is 42.1 Å². The highest BCUT2D eigenvalue weighted by atomic mass is 16.5. The van der Waals surface area contributed by atoms with Gasteiger partial charge in [-0.2, -0.15) is 0 Å². The molecule has 3 nitrogen and oxygen atoms in total. The number of allylic oxidation sites excluding steroid dienone is 1. The SMILES string of the molecule is CC/C(=C/C(=O)Oc1ccccc1)NC. The van der Waals surface area contributed by atoms with Crippen molar-refractivity contribution in [3.8, 4) is 5.75 Å². The van der Waals surface area contributed by atoms with Crippen LogP contribution in [0.5, 0.6) is 5.75 Å². The van der Waals surface area contributed by atoms with Gasteiger partial charge in [0.15, 0.2) is 0 Å². The molecule has 0 aromatic heterocycles. The molecule has 0 spiro atoms. The minimum Gasteiger partial charge on any atom is -0.423 e. The second kappa shape index (κ2) is 5.86. The minimum absolute atomic E-state index is 0.354. The van der Waals surface area contributed by atoms with E-state index < -0.39 is 0 Å². The first-order valence-electron chi connectivity index (χ1n) is 4.91. The summed E-state index contributed by atoms with van der Waals surface area (Å²) in [5.41, 5.74) is 0.857. The van der Waals surface area contributed by atoms with Gasteiger partial charge in [-0.3, -0.25) is 0 Å². The third kappa shape index (κ3) is 3.85. The maximum Gasteiger partial charge on any atom is 0.337 e. The lowest BCUT2D eigenvalue weighted by molar-refractivity contribution is -0.129. The van der Waals surface area contributed by atoms with Crippen molar-refractivity contribution in [3.63, 3.8) is 0 Å². The van der Waals surface area contributed by atoms with Gasteiger partial charge in [0.1, 0.15) is 5.75 Å². The molecule has 0 bridgehead atoms. The Hall–Kier alpha value is -1.77. The van der Waals surface area contributed by atoms with Gasteiger partial charge >= 0.3 is 5.97 Å². The number of rotatable bonds is 4. The standard InChI is InChI=1S/C12H15NO2/c1-3-10(13-2)9-12(14)15-11-7-5-4-6-8-11/h4-9,13H,3H2,1-2H3/b10-9-. The minimum atomic E-state index is -0.354. The fraction of sp³-hybridized carbons (Fsp3) is 0.250. The highest BCUT2D eigenvalue weighted by molar-refractivity contribution is 5.84. The first-order valence-corrected chi connectivity index (χ1v) is 4.91. The molecular formula is C12H15NO2. The number of hydrogen-bond acceptors (Lipinski definition) is 3. The highest BCUT2D eigenvalue weighted by Gasteiger charge is 2.01. The summed E-state index contributed by atoms with van der Waals surface area (Å²) in [6.45, 7) is 1.97. The van der Waals surface area contributed by atoms with Crippen LogP contribution in [0, 0.1) is 0 Å². The van der Waals surface area contributed by atoms with Gasteiger partial charge in [0.2, 0.25) is 0 Å². The van der Waals surface area contributed by atoms with E-state index >= 15 is 0 Å². The van der Waals surface area contributed by atoms with E-state index in [1.54, 1.807) is 19.2 Å². The molecule has 0 fully saturated rings. The quantitative estimate of drug-likeness (QED) is 0.465. The van der Waals surface area contributed by atoms with Crippen molar-refractivity contribution >= 4 is 5.97 Å². The second-order valence-electron chi connectivity index (χ2n) is 3.01. The summed E-state index contributed by atoms with van der Waals surface area (Å²) in [4.78, 5) is 11.4. The Kier molecular flexibility index (Phi) is 4.41. The molecule has 1 aromatic carbocycles. The van der Waals surface area contributed by atoms with Crippen LogP contribution in [0.4, 0.5) is 0 Å². The van der Waals surface area contributed by atoms with E-state index in [0.29, 0.717) is 5.75 Å². The molecule has 15 heavy (non-hydrogen) atoms. The zero-order valence-electron chi connectivity index (χ0n) is 8.99. The van der Waals surface area contributed by atoms with Crippen LogP contribution in [0.3, 0.4) is 0 Å². The molecule has 0 saturated carbocycles. The van der Waals surface area contributed by atoms with E-state index in [0.717, 1.165) is 12.1 Å². The van der Waals surface area contributed by atoms with Crippen molar-refractivity contribution < 1.29 is 9.53 Å².